The normalized spacial score (nSPS) is 12.1. The van der Waals surface area contributed by atoms with Crippen molar-refractivity contribution in [2.24, 2.45) is 0 Å². The summed E-state index contributed by atoms with van der Waals surface area (Å²) in [7, 11) is 0. The fourth-order valence-corrected chi connectivity index (χ4v) is 2.72. The summed E-state index contributed by atoms with van der Waals surface area (Å²) in [5.41, 5.74) is 2.39. The molecule has 0 aliphatic heterocycles. The van der Waals surface area contributed by atoms with Gasteiger partial charge in [-0.3, -0.25) is 4.79 Å². The Labute approximate surface area is 137 Å². The van der Waals surface area contributed by atoms with E-state index in [9.17, 15) is 9.90 Å². The summed E-state index contributed by atoms with van der Waals surface area (Å²) in [6.45, 7) is 4.40. The maximum Gasteiger partial charge on any atom is 0.223 e. The molecule has 2 aromatic rings. The van der Waals surface area contributed by atoms with Crippen LogP contribution in [0.2, 0.25) is 0 Å². The molecule has 0 bridgehead atoms. The van der Waals surface area contributed by atoms with Crippen molar-refractivity contribution in [3.05, 3.63) is 59.5 Å². The quantitative estimate of drug-likeness (QED) is 0.813. The van der Waals surface area contributed by atoms with Crippen molar-refractivity contribution in [1.29, 1.82) is 0 Å². The molecule has 1 atom stereocenters. The van der Waals surface area contributed by atoms with Crippen molar-refractivity contribution in [3.63, 3.8) is 0 Å². The van der Waals surface area contributed by atoms with Crippen LogP contribution in [0, 0.1) is 6.92 Å². The van der Waals surface area contributed by atoms with Gasteiger partial charge in [0.25, 0.3) is 0 Å². The zero-order chi connectivity index (χ0) is 16.7. The van der Waals surface area contributed by atoms with Gasteiger partial charge < -0.3 is 14.4 Å². The van der Waals surface area contributed by atoms with Crippen molar-refractivity contribution in [1.82, 2.24) is 4.90 Å². The zero-order valence-electron chi connectivity index (χ0n) is 13.9. The van der Waals surface area contributed by atoms with Gasteiger partial charge in [0.05, 0.1) is 25.5 Å². The topological polar surface area (TPSA) is 53.7 Å². The van der Waals surface area contributed by atoms with Gasteiger partial charge in [-0.15, -0.1) is 0 Å². The number of hydrogen-bond acceptors (Lipinski definition) is 3. The van der Waals surface area contributed by atoms with E-state index in [2.05, 4.69) is 19.1 Å². The standard InChI is InChI=1S/C19H25NO3/c1-3-17(14-21)20(13-18-9-6-12-23-18)19(22)11-10-16-8-5-4-7-15(16)2/h4-9,12,17,21H,3,10-11,13-14H2,1-2H3/t17-/m0/s1. The fraction of sp³-hybridized carbons (Fsp3) is 0.421. The van der Waals surface area contributed by atoms with Gasteiger partial charge in [-0.05, 0) is 43.0 Å². The van der Waals surface area contributed by atoms with Crippen LogP contribution in [0.3, 0.4) is 0 Å². The smallest absolute Gasteiger partial charge is 0.223 e. The number of aliphatic hydroxyl groups is 1. The van der Waals surface area contributed by atoms with E-state index in [-0.39, 0.29) is 18.6 Å². The first-order valence-corrected chi connectivity index (χ1v) is 8.13. The van der Waals surface area contributed by atoms with Crippen molar-refractivity contribution in [3.8, 4) is 0 Å². The largest absolute Gasteiger partial charge is 0.467 e. The Morgan fingerprint density at radius 1 is 1.26 bits per heavy atom. The first kappa shape index (κ1) is 17.3. The molecule has 124 valence electrons. The minimum Gasteiger partial charge on any atom is -0.467 e. The van der Waals surface area contributed by atoms with E-state index in [0.717, 1.165) is 5.76 Å². The molecule has 0 aliphatic rings. The minimum atomic E-state index is -0.176. The highest BCUT2D eigenvalue weighted by molar-refractivity contribution is 5.76. The van der Waals surface area contributed by atoms with E-state index in [1.807, 2.05) is 31.2 Å². The van der Waals surface area contributed by atoms with Gasteiger partial charge in [-0.25, -0.2) is 0 Å². The second-order valence-corrected chi connectivity index (χ2v) is 5.77. The molecule has 0 spiro atoms. The predicted octanol–water partition coefficient (Wildman–Crippen LogP) is 3.32. The van der Waals surface area contributed by atoms with Gasteiger partial charge in [0.15, 0.2) is 0 Å². The Kier molecular flexibility index (Phi) is 6.41. The van der Waals surface area contributed by atoms with Crippen molar-refractivity contribution in [2.45, 2.75) is 45.7 Å². The zero-order valence-corrected chi connectivity index (χ0v) is 13.9. The summed E-state index contributed by atoms with van der Waals surface area (Å²) >= 11 is 0. The lowest BCUT2D eigenvalue weighted by molar-refractivity contribution is -0.135. The molecule has 1 aromatic heterocycles. The highest BCUT2D eigenvalue weighted by Gasteiger charge is 2.22. The number of nitrogens with zero attached hydrogens (tertiary/aromatic N) is 1. The van der Waals surface area contributed by atoms with Gasteiger partial charge >= 0.3 is 0 Å². The van der Waals surface area contributed by atoms with E-state index in [1.54, 1.807) is 11.2 Å². The van der Waals surface area contributed by atoms with Crippen LogP contribution in [0.15, 0.2) is 47.1 Å². The Morgan fingerprint density at radius 2 is 2.04 bits per heavy atom. The Morgan fingerprint density at radius 3 is 2.65 bits per heavy atom. The van der Waals surface area contributed by atoms with Crippen LogP contribution in [-0.4, -0.2) is 28.6 Å². The first-order valence-electron chi connectivity index (χ1n) is 8.13. The number of aliphatic hydroxyl groups excluding tert-OH is 1. The molecule has 1 amide bonds. The lowest BCUT2D eigenvalue weighted by Crippen LogP contribution is -2.41. The molecule has 1 aromatic carbocycles. The maximum absolute atomic E-state index is 12.7. The molecule has 0 fully saturated rings. The molecule has 4 heteroatoms. The number of furan rings is 1. The molecule has 4 nitrogen and oxygen atoms in total. The van der Waals surface area contributed by atoms with E-state index in [1.165, 1.54) is 11.1 Å². The van der Waals surface area contributed by atoms with Crippen LogP contribution in [-0.2, 0) is 17.8 Å². The number of benzene rings is 1. The fourth-order valence-electron chi connectivity index (χ4n) is 2.72. The summed E-state index contributed by atoms with van der Waals surface area (Å²) in [5.74, 6) is 0.784. The number of aryl methyl sites for hydroxylation is 2. The second-order valence-electron chi connectivity index (χ2n) is 5.77. The van der Waals surface area contributed by atoms with E-state index < -0.39 is 0 Å². The number of carbonyl (C=O) groups is 1. The minimum absolute atomic E-state index is 0.0344. The van der Waals surface area contributed by atoms with E-state index in [4.69, 9.17) is 4.42 Å². The van der Waals surface area contributed by atoms with Crippen LogP contribution in [0.1, 0.15) is 36.7 Å². The maximum atomic E-state index is 12.7. The van der Waals surface area contributed by atoms with Gasteiger partial charge in [-0.1, -0.05) is 31.2 Å². The first-order chi connectivity index (χ1) is 11.2. The summed E-state index contributed by atoms with van der Waals surface area (Å²) in [5, 5.41) is 9.58. The Hall–Kier alpha value is -2.07. The van der Waals surface area contributed by atoms with Crippen LogP contribution >= 0.6 is 0 Å². The average Bonchev–Trinajstić information content (AvgIpc) is 3.07. The summed E-state index contributed by atoms with van der Waals surface area (Å²) < 4.78 is 5.36. The van der Waals surface area contributed by atoms with E-state index in [0.29, 0.717) is 25.8 Å². The van der Waals surface area contributed by atoms with Gasteiger partial charge in [0.1, 0.15) is 5.76 Å². The van der Waals surface area contributed by atoms with Gasteiger partial charge in [-0.2, -0.15) is 0 Å². The highest BCUT2D eigenvalue weighted by Crippen LogP contribution is 2.16. The number of rotatable bonds is 8. The number of hydrogen-bond donors (Lipinski definition) is 1. The highest BCUT2D eigenvalue weighted by atomic mass is 16.3. The van der Waals surface area contributed by atoms with Crippen LogP contribution in [0.25, 0.3) is 0 Å². The molecule has 1 heterocycles. The average molecular weight is 315 g/mol. The second kappa shape index (κ2) is 8.53. The molecular weight excluding hydrogens is 290 g/mol. The summed E-state index contributed by atoms with van der Waals surface area (Å²) in [6, 6.07) is 11.6. The molecule has 0 unspecified atom stereocenters. The third kappa shape index (κ3) is 4.70. The lowest BCUT2D eigenvalue weighted by atomic mass is 10.0. The third-order valence-electron chi connectivity index (χ3n) is 4.22. The van der Waals surface area contributed by atoms with Crippen molar-refractivity contribution in [2.75, 3.05) is 6.61 Å². The van der Waals surface area contributed by atoms with Crippen LogP contribution in [0.5, 0.6) is 0 Å². The van der Waals surface area contributed by atoms with Gasteiger partial charge in [0, 0.05) is 6.42 Å². The van der Waals surface area contributed by atoms with Crippen LogP contribution < -0.4 is 0 Å². The SMILES string of the molecule is CC[C@@H](CO)N(Cc1ccco1)C(=O)CCc1ccccc1C. The number of carbonyl (C=O) groups excluding carboxylic acids is 1. The lowest BCUT2D eigenvalue weighted by Gasteiger charge is -2.29. The molecule has 0 saturated heterocycles. The molecule has 0 aliphatic carbocycles. The number of amides is 1. The molecule has 1 N–H and O–H groups in total. The molecule has 0 saturated carbocycles. The molecule has 2 rings (SSSR count). The van der Waals surface area contributed by atoms with Crippen molar-refractivity contribution >= 4 is 5.91 Å². The monoisotopic (exact) mass is 315 g/mol. The summed E-state index contributed by atoms with van der Waals surface area (Å²) in [6.07, 6.45) is 3.46. The molecule has 23 heavy (non-hydrogen) atoms. The predicted molar refractivity (Wildman–Crippen MR) is 89.9 cm³/mol. The van der Waals surface area contributed by atoms with E-state index >= 15 is 0 Å². The molecular formula is C19H25NO3. The van der Waals surface area contributed by atoms with Gasteiger partial charge in [0.2, 0.25) is 5.91 Å². The third-order valence-corrected chi connectivity index (χ3v) is 4.22. The summed E-state index contributed by atoms with van der Waals surface area (Å²) in [4.78, 5) is 14.4. The van der Waals surface area contributed by atoms with Crippen LogP contribution in [0.4, 0.5) is 0 Å². The van der Waals surface area contributed by atoms with Crippen molar-refractivity contribution < 1.29 is 14.3 Å². The molecule has 0 radical (unpaired) electrons. The Balaban J connectivity index is 2.05. The Bertz CT molecular complexity index is 603.